The summed E-state index contributed by atoms with van der Waals surface area (Å²) in [5.74, 6) is 1.21. The van der Waals surface area contributed by atoms with E-state index in [1.54, 1.807) is 12.1 Å². The Morgan fingerprint density at radius 1 is 1.39 bits per heavy atom. The van der Waals surface area contributed by atoms with Gasteiger partial charge >= 0.3 is 0 Å². The van der Waals surface area contributed by atoms with Crippen molar-refractivity contribution in [3.8, 4) is 17.0 Å². The second kappa shape index (κ2) is 5.54. The molecule has 1 aromatic heterocycles. The molecule has 0 spiro atoms. The molecular weight excluding hydrogens is 224 g/mol. The molecule has 0 fully saturated rings. The monoisotopic (exact) mass is 242 g/mol. The Hall–Kier alpha value is -2.03. The average Bonchev–Trinajstić information content (AvgIpc) is 2.72. The fourth-order valence-corrected chi connectivity index (χ4v) is 1.87. The van der Waals surface area contributed by atoms with Crippen LogP contribution in [-0.2, 0) is 7.05 Å². The fourth-order valence-electron chi connectivity index (χ4n) is 1.87. The summed E-state index contributed by atoms with van der Waals surface area (Å²) >= 11 is 0. The van der Waals surface area contributed by atoms with Gasteiger partial charge in [-0.3, -0.25) is 0 Å². The van der Waals surface area contributed by atoms with Crippen LogP contribution in [0, 0.1) is 0 Å². The summed E-state index contributed by atoms with van der Waals surface area (Å²) in [6.07, 6.45) is 8.21. The molecule has 0 saturated heterocycles. The lowest BCUT2D eigenvalue weighted by Gasteiger charge is -2.04. The second-order valence-electron chi connectivity index (χ2n) is 4.30. The van der Waals surface area contributed by atoms with E-state index in [4.69, 9.17) is 0 Å². The van der Waals surface area contributed by atoms with Crippen LogP contribution in [0.4, 0.5) is 0 Å². The highest BCUT2D eigenvalue weighted by Crippen LogP contribution is 2.23. The normalized spacial score (nSPS) is 11.2. The fraction of sp³-hybridized carbons (Fsp3) is 0.267. The Morgan fingerprint density at radius 2 is 2.22 bits per heavy atom. The minimum atomic E-state index is 0.275. The van der Waals surface area contributed by atoms with Crippen molar-refractivity contribution >= 4 is 6.08 Å². The number of aromatic hydroxyl groups is 1. The molecule has 0 aliphatic heterocycles. The van der Waals surface area contributed by atoms with Crippen LogP contribution >= 0.6 is 0 Å². The molecule has 3 nitrogen and oxygen atoms in total. The van der Waals surface area contributed by atoms with Crippen molar-refractivity contribution in [1.82, 2.24) is 9.55 Å². The van der Waals surface area contributed by atoms with Gasteiger partial charge in [0.15, 0.2) is 0 Å². The summed E-state index contributed by atoms with van der Waals surface area (Å²) in [6, 6.07) is 7.22. The average molecular weight is 242 g/mol. The summed E-state index contributed by atoms with van der Waals surface area (Å²) < 4.78 is 2.03. The Balaban J connectivity index is 2.31. The van der Waals surface area contributed by atoms with Crippen molar-refractivity contribution < 1.29 is 5.11 Å². The Kier molecular flexibility index (Phi) is 3.82. The Morgan fingerprint density at radius 3 is 2.94 bits per heavy atom. The van der Waals surface area contributed by atoms with E-state index in [2.05, 4.69) is 18.0 Å². The molecular formula is C15H18N2O. The number of allylic oxidation sites excluding steroid dienone is 1. The quantitative estimate of drug-likeness (QED) is 0.889. The first kappa shape index (κ1) is 12.4. The molecule has 0 amide bonds. The minimum Gasteiger partial charge on any atom is -0.508 e. The van der Waals surface area contributed by atoms with E-state index < -0.39 is 0 Å². The highest BCUT2D eigenvalue weighted by Gasteiger charge is 2.06. The number of hydrogen-bond acceptors (Lipinski definition) is 2. The molecule has 0 radical (unpaired) electrons. The summed E-state index contributed by atoms with van der Waals surface area (Å²) in [4.78, 5) is 4.39. The van der Waals surface area contributed by atoms with Gasteiger partial charge in [-0.1, -0.05) is 31.6 Å². The molecule has 0 saturated carbocycles. The van der Waals surface area contributed by atoms with Crippen molar-refractivity contribution in [2.45, 2.75) is 19.8 Å². The van der Waals surface area contributed by atoms with Gasteiger partial charge in [-0.2, -0.15) is 0 Å². The lowest BCUT2D eigenvalue weighted by atomic mass is 10.1. The summed E-state index contributed by atoms with van der Waals surface area (Å²) in [5, 5.41) is 9.50. The van der Waals surface area contributed by atoms with E-state index >= 15 is 0 Å². The predicted octanol–water partition coefficient (Wildman–Crippen LogP) is 3.61. The molecule has 2 aromatic rings. The molecule has 3 heteroatoms. The molecule has 2 rings (SSSR count). The maximum absolute atomic E-state index is 9.50. The number of aromatic nitrogens is 2. The van der Waals surface area contributed by atoms with Gasteiger partial charge in [0.05, 0.1) is 11.9 Å². The zero-order valence-corrected chi connectivity index (χ0v) is 10.8. The smallest absolute Gasteiger partial charge is 0.132 e. The number of unbranched alkanes of at least 4 members (excludes halogenated alkanes) is 1. The Labute approximate surface area is 107 Å². The first-order valence-electron chi connectivity index (χ1n) is 6.20. The van der Waals surface area contributed by atoms with Gasteiger partial charge in [0, 0.05) is 12.6 Å². The molecule has 0 unspecified atom stereocenters. The van der Waals surface area contributed by atoms with Gasteiger partial charge in [0.1, 0.15) is 11.6 Å². The number of nitrogens with zero attached hydrogens (tertiary/aromatic N) is 2. The van der Waals surface area contributed by atoms with Gasteiger partial charge in [0.25, 0.3) is 0 Å². The van der Waals surface area contributed by atoms with Crippen molar-refractivity contribution in [1.29, 1.82) is 0 Å². The molecule has 0 aliphatic rings. The van der Waals surface area contributed by atoms with E-state index in [1.807, 2.05) is 36.0 Å². The van der Waals surface area contributed by atoms with Crippen LogP contribution in [0.15, 0.2) is 36.5 Å². The van der Waals surface area contributed by atoms with Crippen LogP contribution in [-0.4, -0.2) is 14.7 Å². The van der Waals surface area contributed by atoms with Crippen LogP contribution in [0.3, 0.4) is 0 Å². The maximum atomic E-state index is 9.50. The van der Waals surface area contributed by atoms with Gasteiger partial charge < -0.3 is 9.67 Å². The van der Waals surface area contributed by atoms with Crippen molar-refractivity contribution in [3.05, 3.63) is 42.4 Å². The number of rotatable bonds is 4. The Bertz CT molecular complexity index is 555. The first-order valence-corrected chi connectivity index (χ1v) is 6.20. The van der Waals surface area contributed by atoms with Crippen LogP contribution < -0.4 is 0 Å². The first-order chi connectivity index (χ1) is 8.72. The number of benzene rings is 1. The molecule has 0 bridgehead atoms. The highest BCUT2D eigenvalue weighted by atomic mass is 16.3. The molecule has 94 valence electrons. The van der Waals surface area contributed by atoms with Crippen LogP contribution in [0.5, 0.6) is 5.75 Å². The van der Waals surface area contributed by atoms with E-state index in [0.717, 1.165) is 29.9 Å². The van der Waals surface area contributed by atoms with Gasteiger partial charge in [-0.05, 0) is 24.6 Å². The maximum Gasteiger partial charge on any atom is 0.132 e. The third-order valence-corrected chi connectivity index (χ3v) is 2.89. The van der Waals surface area contributed by atoms with Crippen molar-refractivity contribution in [3.63, 3.8) is 0 Å². The zero-order valence-electron chi connectivity index (χ0n) is 10.8. The number of phenols is 1. The van der Waals surface area contributed by atoms with Gasteiger partial charge in [-0.15, -0.1) is 0 Å². The summed E-state index contributed by atoms with van der Waals surface area (Å²) in [5.41, 5.74) is 1.97. The highest BCUT2D eigenvalue weighted by molar-refractivity contribution is 5.63. The number of imidazole rings is 1. The van der Waals surface area contributed by atoms with E-state index in [1.165, 1.54) is 0 Å². The third kappa shape index (κ3) is 2.62. The lowest BCUT2D eigenvalue weighted by molar-refractivity contribution is 0.475. The zero-order chi connectivity index (χ0) is 13.0. The topological polar surface area (TPSA) is 38.1 Å². The van der Waals surface area contributed by atoms with E-state index in [-0.39, 0.29) is 5.75 Å². The largest absolute Gasteiger partial charge is 0.508 e. The van der Waals surface area contributed by atoms with E-state index in [0.29, 0.717) is 0 Å². The molecule has 0 aliphatic carbocycles. The lowest BCUT2D eigenvalue weighted by Crippen LogP contribution is -1.94. The standard InChI is InChI=1S/C15H18N2O/c1-3-4-5-9-15-16-11-14(17(15)2)12-7-6-8-13(18)10-12/h5-11,18H,3-4H2,1-2H3. The second-order valence-corrected chi connectivity index (χ2v) is 4.30. The van der Waals surface area contributed by atoms with Gasteiger partial charge in [-0.25, -0.2) is 4.98 Å². The van der Waals surface area contributed by atoms with Crippen molar-refractivity contribution in [2.24, 2.45) is 7.05 Å². The molecule has 18 heavy (non-hydrogen) atoms. The molecule has 1 N–H and O–H groups in total. The van der Waals surface area contributed by atoms with E-state index in [9.17, 15) is 5.11 Å². The number of hydrogen-bond donors (Lipinski definition) is 1. The molecule has 1 heterocycles. The summed E-state index contributed by atoms with van der Waals surface area (Å²) in [7, 11) is 1.98. The van der Waals surface area contributed by atoms with Crippen LogP contribution in [0.25, 0.3) is 17.3 Å². The van der Waals surface area contributed by atoms with Crippen LogP contribution in [0.2, 0.25) is 0 Å². The van der Waals surface area contributed by atoms with Crippen LogP contribution in [0.1, 0.15) is 25.6 Å². The SMILES string of the molecule is CCCC=Cc1ncc(-c2cccc(O)c2)n1C. The van der Waals surface area contributed by atoms with Gasteiger partial charge in [0.2, 0.25) is 0 Å². The predicted molar refractivity (Wildman–Crippen MR) is 74.3 cm³/mol. The number of phenolic OH excluding ortho intramolecular Hbond substituents is 1. The molecule has 0 atom stereocenters. The molecule has 1 aromatic carbocycles. The minimum absolute atomic E-state index is 0.275. The third-order valence-electron chi connectivity index (χ3n) is 2.89. The van der Waals surface area contributed by atoms with Crippen molar-refractivity contribution in [2.75, 3.05) is 0 Å². The summed E-state index contributed by atoms with van der Waals surface area (Å²) in [6.45, 7) is 2.15.